The number of likely N-dealkylation sites (N-methyl/N-ethyl adjacent to an activating group) is 1. The molecule has 4 aliphatic rings. The molecule has 2 aromatic carbocycles. The van der Waals surface area contributed by atoms with E-state index in [1.807, 2.05) is 13.1 Å². The van der Waals surface area contributed by atoms with Gasteiger partial charge in [-0.3, -0.25) is 0 Å². The van der Waals surface area contributed by atoms with Crippen LogP contribution < -0.4 is 4.74 Å². The number of aromatic hydroxyl groups is 1. The number of carboxylic acid groups (broad SMARTS) is 2. The zero-order valence-electron chi connectivity index (χ0n) is 25.0. The number of esters is 2. The predicted octanol–water partition coefficient (Wildman–Crippen LogP) is 0.937. The second-order valence-corrected chi connectivity index (χ2v) is 11.8. The summed E-state index contributed by atoms with van der Waals surface area (Å²) in [7, 11) is 1.94. The highest BCUT2D eigenvalue weighted by atomic mass is 19.4. The molecule has 6 N–H and O–H groups in total. The third kappa shape index (κ3) is 5.61. The smallest absolute Gasteiger partial charge is 0.490 e. The fraction of sp³-hybridized carbons (Fsp3) is 0.419. The highest BCUT2D eigenvalue weighted by Crippen LogP contribution is 2.65. The van der Waals surface area contributed by atoms with Crippen LogP contribution in [0.25, 0.3) is 0 Å². The molecule has 1 fully saturated rings. The van der Waals surface area contributed by atoms with Gasteiger partial charge in [0.05, 0.1) is 11.0 Å². The second kappa shape index (κ2) is 12.4. The van der Waals surface area contributed by atoms with Gasteiger partial charge in [-0.2, -0.15) is 13.2 Å². The van der Waals surface area contributed by atoms with E-state index in [-0.39, 0.29) is 35.3 Å². The van der Waals surface area contributed by atoms with Crippen LogP contribution >= 0.6 is 0 Å². The van der Waals surface area contributed by atoms with Crippen molar-refractivity contribution in [2.24, 2.45) is 0 Å². The van der Waals surface area contributed by atoms with Crippen molar-refractivity contribution in [1.82, 2.24) is 4.90 Å². The Bertz CT molecular complexity index is 1660. The second-order valence-electron chi connectivity index (χ2n) is 11.8. The molecule has 2 bridgehead atoms. The van der Waals surface area contributed by atoms with Crippen LogP contribution in [0.2, 0.25) is 0 Å². The van der Waals surface area contributed by atoms with Crippen molar-refractivity contribution in [2.75, 3.05) is 13.6 Å². The number of hydrogen-bond donors (Lipinski definition) is 6. The van der Waals surface area contributed by atoms with Crippen molar-refractivity contribution in [1.29, 1.82) is 0 Å². The molecule has 1 saturated heterocycles. The summed E-state index contributed by atoms with van der Waals surface area (Å²) in [6, 6.07) is 10.9. The number of nitrogens with zero attached hydrogens (tertiary/aromatic N) is 1. The zero-order valence-corrected chi connectivity index (χ0v) is 25.0. The molecule has 0 radical (unpaired) electrons. The summed E-state index contributed by atoms with van der Waals surface area (Å²) in [5.41, 5.74) is -0.503. The van der Waals surface area contributed by atoms with Gasteiger partial charge in [-0.05, 0) is 44.1 Å². The lowest BCUT2D eigenvalue weighted by atomic mass is 9.50. The molecule has 2 aromatic rings. The summed E-state index contributed by atoms with van der Waals surface area (Å²) in [5.74, 6) is -7.02. The van der Waals surface area contributed by atoms with E-state index in [1.165, 1.54) is 12.1 Å². The van der Waals surface area contributed by atoms with Crippen LogP contribution in [0.4, 0.5) is 13.2 Å². The third-order valence-corrected chi connectivity index (χ3v) is 9.16. The highest BCUT2D eigenvalue weighted by Gasteiger charge is 2.72. The van der Waals surface area contributed by atoms with E-state index in [4.69, 9.17) is 29.2 Å². The minimum Gasteiger partial charge on any atom is -0.504 e. The van der Waals surface area contributed by atoms with Gasteiger partial charge in [-0.1, -0.05) is 36.4 Å². The molecule has 14 nitrogen and oxygen atoms in total. The molecule has 6 rings (SSSR count). The van der Waals surface area contributed by atoms with E-state index in [9.17, 15) is 48.0 Å². The van der Waals surface area contributed by atoms with E-state index in [0.29, 0.717) is 24.9 Å². The Morgan fingerprint density at radius 2 is 1.67 bits per heavy atom. The Balaban J connectivity index is 0.000000582. The topological polar surface area (TPSA) is 221 Å². The number of carbonyl (C=O) groups excluding carboxylic acids is 2. The number of likely N-dealkylation sites (tertiary alicyclic amines) is 1. The molecule has 258 valence electrons. The highest BCUT2D eigenvalue weighted by molar-refractivity contribution is 5.87. The SMILES string of the molecule is CN1CC[C@]23c4c5ccc(O)c4O[C@H]2C(OC(=O)C(OC(=O)C(O)C(O)C(=O)O)c2ccccc2)=CC[C@@]3(O)[C@H]1C5.O=C(O)C(F)(F)F. The lowest BCUT2D eigenvalue weighted by Gasteiger charge is -2.61. The number of phenolic OH excluding ortho intramolecular Hbond substituents is 1. The zero-order chi connectivity index (χ0) is 35.3. The molecular weight excluding hydrogens is 651 g/mol. The predicted molar refractivity (Wildman–Crippen MR) is 151 cm³/mol. The first-order chi connectivity index (χ1) is 22.4. The normalized spacial score (nSPS) is 27.0. The number of alkyl halides is 3. The van der Waals surface area contributed by atoms with Gasteiger partial charge in [-0.15, -0.1) is 0 Å². The van der Waals surface area contributed by atoms with Gasteiger partial charge in [0, 0.05) is 23.6 Å². The van der Waals surface area contributed by atoms with Crippen LogP contribution in [0.5, 0.6) is 11.5 Å². The summed E-state index contributed by atoms with van der Waals surface area (Å²) < 4.78 is 49.0. The summed E-state index contributed by atoms with van der Waals surface area (Å²) in [6.45, 7) is 0.622. The quantitative estimate of drug-likeness (QED) is 0.224. The average Bonchev–Trinajstić information content (AvgIpc) is 3.40. The Hall–Kier alpha value is -4.71. The fourth-order valence-corrected chi connectivity index (χ4v) is 6.94. The van der Waals surface area contributed by atoms with Gasteiger partial charge < -0.3 is 49.7 Å². The number of carbonyl (C=O) groups is 4. The maximum atomic E-state index is 13.6. The number of aliphatic hydroxyl groups excluding tert-OH is 2. The van der Waals surface area contributed by atoms with E-state index in [1.54, 1.807) is 30.3 Å². The standard InChI is InChI=1S/C29H29NO11.C2HF3O2/c1-30-12-11-28-19-15-7-8-16(31)23(19)40-24(28)17(9-10-29(28,38)18(30)13-15)39-27(37)22(14-5-3-2-4-6-14)41-26(36)21(33)20(32)25(34)35;3-2(4,5)1(6)7/h2-9,18,20-22,24,31-33,38H,10-13H2,1H3,(H,34,35);(H,6,7)/t18-,20?,21?,22?,24+,28+,29-;/m1./s1. The summed E-state index contributed by atoms with van der Waals surface area (Å²) in [6.07, 6.45) is -10.0. The van der Waals surface area contributed by atoms with Crippen molar-refractivity contribution < 1.29 is 77.2 Å². The molecule has 2 heterocycles. The molecule has 2 aliphatic heterocycles. The van der Waals surface area contributed by atoms with Gasteiger partial charge in [-0.25, -0.2) is 19.2 Å². The van der Waals surface area contributed by atoms with Crippen molar-refractivity contribution in [3.05, 3.63) is 71.0 Å². The van der Waals surface area contributed by atoms with Crippen LogP contribution in [-0.2, 0) is 40.5 Å². The number of halogens is 3. The first-order valence-electron chi connectivity index (χ1n) is 14.4. The molecule has 2 aliphatic carbocycles. The molecule has 48 heavy (non-hydrogen) atoms. The molecule has 0 saturated carbocycles. The van der Waals surface area contributed by atoms with Crippen LogP contribution in [-0.4, -0.2) is 109 Å². The Labute approximate surface area is 269 Å². The average molecular weight is 682 g/mol. The fourth-order valence-electron chi connectivity index (χ4n) is 6.94. The van der Waals surface area contributed by atoms with Crippen molar-refractivity contribution in [3.8, 4) is 11.5 Å². The van der Waals surface area contributed by atoms with Gasteiger partial charge in [0.15, 0.2) is 29.8 Å². The monoisotopic (exact) mass is 681 g/mol. The molecule has 7 atom stereocenters. The van der Waals surface area contributed by atoms with E-state index >= 15 is 0 Å². The first-order valence-corrected chi connectivity index (χ1v) is 14.4. The minimum absolute atomic E-state index is 0.0644. The van der Waals surface area contributed by atoms with E-state index in [0.717, 1.165) is 5.56 Å². The first kappa shape index (κ1) is 34.6. The number of piperidine rings is 1. The van der Waals surface area contributed by atoms with Crippen LogP contribution in [0, 0.1) is 0 Å². The maximum absolute atomic E-state index is 13.6. The number of hydrogen-bond acceptors (Lipinski definition) is 12. The lowest BCUT2D eigenvalue weighted by Crippen LogP contribution is -2.74. The van der Waals surface area contributed by atoms with Crippen LogP contribution in [0.3, 0.4) is 0 Å². The summed E-state index contributed by atoms with van der Waals surface area (Å²) in [4.78, 5) is 48.2. The maximum Gasteiger partial charge on any atom is 0.490 e. The van der Waals surface area contributed by atoms with Crippen molar-refractivity contribution in [3.63, 3.8) is 0 Å². The number of benzene rings is 2. The van der Waals surface area contributed by atoms with Crippen molar-refractivity contribution >= 4 is 23.9 Å². The van der Waals surface area contributed by atoms with Crippen LogP contribution in [0.1, 0.15) is 35.6 Å². The molecule has 1 spiro atoms. The molecule has 0 amide bonds. The lowest BCUT2D eigenvalue weighted by molar-refractivity contribution is -0.192. The number of rotatable bonds is 7. The number of carboxylic acids is 2. The number of phenols is 1. The Kier molecular flexibility index (Phi) is 8.93. The minimum atomic E-state index is -5.08. The number of aliphatic hydroxyl groups is 3. The molecule has 17 heteroatoms. The molecule has 3 unspecified atom stereocenters. The molecular formula is C31H30F3NO13. The number of aliphatic carboxylic acids is 2. The van der Waals surface area contributed by atoms with Gasteiger partial charge in [0.25, 0.3) is 0 Å². The third-order valence-electron chi connectivity index (χ3n) is 9.16. The van der Waals surface area contributed by atoms with Gasteiger partial charge in [0.2, 0.25) is 6.10 Å². The van der Waals surface area contributed by atoms with E-state index < -0.39 is 65.5 Å². The largest absolute Gasteiger partial charge is 0.504 e. The molecule has 0 aromatic heterocycles. The number of ether oxygens (including phenoxy) is 3. The Morgan fingerprint density at radius 1 is 1.02 bits per heavy atom. The van der Waals surface area contributed by atoms with Gasteiger partial charge in [0.1, 0.15) is 5.76 Å². The van der Waals surface area contributed by atoms with Crippen molar-refractivity contribution in [2.45, 2.75) is 66.9 Å². The summed E-state index contributed by atoms with van der Waals surface area (Å²) in [5, 5.41) is 58.6. The van der Waals surface area contributed by atoms with E-state index in [2.05, 4.69) is 4.90 Å². The Morgan fingerprint density at radius 3 is 2.27 bits per heavy atom. The van der Waals surface area contributed by atoms with Gasteiger partial charge >= 0.3 is 30.1 Å². The van der Waals surface area contributed by atoms with Crippen LogP contribution in [0.15, 0.2) is 54.3 Å². The summed E-state index contributed by atoms with van der Waals surface area (Å²) >= 11 is 0.